The van der Waals surface area contributed by atoms with Crippen LogP contribution in [0.1, 0.15) is 48.0 Å². The maximum atomic E-state index is 9.76. The van der Waals surface area contributed by atoms with E-state index in [2.05, 4.69) is 29.2 Å². The molecule has 2 unspecified atom stereocenters. The molecule has 0 aliphatic heterocycles. The smallest absolute Gasteiger partial charge is 0.0613 e. The van der Waals surface area contributed by atoms with Crippen LogP contribution in [0.5, 0.6) is 0 Å². The van der Waals surface area contributed by atoms with E-state index in [1.165, 1.54) is 10.1 Å². The largest absolute Gasteiger partial charge is 0.392 e. The maximum Gasteiger partial charge on any atom is 0.0613 e. The number of fused-ring (bicyclic) bond motifs is 1. The van der Waals surface area contributed by atoms with Gasteiger partial charge in [-0.1, -0.05) is 65.8 Å². The minimum Gasteiger partial charge on any atom is -0.392 e. The SMILES string of the molecule is CC(C)(C)C(O)CC(O)C(C)(C)C.[Pt].[c-]1c(-c2ccccn2)sc2ccccc12. The first kappa shape index (κ1) is 26.0. The first-order valence-electron chi connectivity index (χ1n) is 9.67. The van der Waals surface area contributed by atoms with Gasteiger partial charge in [0.25, 0.3) is 0 Å². The monoisotopic (exact) mass is 593 g/mol. The Bertz CT molecular complexity index is 815. The number of hydrogen-bond donors (Lipinski definition) is 2. The number of aliphatic hydroxyl groups is 2. The van der Waals surface area contributed by atoms with Gasteiger partial charge in [-0.3, -0.25) is 0 Å². The first-order valence-corrected chi connectivity index (χ1v) is 10.5. The molecule has 3 rings (SSSR count). The molecular weight excluding hydrogens is 561 g/mol. The summed E-state index contributed by atoms with van der Waals surface area (Å²) in [5.74, 6) is 0. The average molecular weight is 594 g/mol. The van der Waals surface area contributed by atoms with E-state index in [0.717, 1.165) is 10.6 Å². The molecule has 0 aliphatic rings. The molecule has 2 aromatic heterocycles. The summed E-state index contributed by atoms with van der Waals surface area (Å²) >= 11 is 1.73. The van der Waals surface area contributed by atoms with Crippen molar-refractivity contribution in [2.24, 2.45) is 10.8 Å². The van der Waals surface area contributed by atoms with E-state index in [0.29, 0.717) is 6.42 Å². The van der Waals surface area contributed by atoms with E-state index in [1.54, 1.807) is 11.3 Å². The molecule has 0 aliphatic carbocycles. The zero-order valence-corrected chi connectivity index (χ0v) is 21.1. The molecule has 2 heterocycles. The van der Waals surface area contributed by atoms with Crippen LogP contribution in [0.15, 0.2) is 48.7 Å². The molecule has 2 atom stereocenters. The van der Waals surface area contributed by atoms with Crippen LogP contribution in [-0.2, 0) is 21.1 Å². The van der Waals surface area contributed by atoms with Crippen molar-refractivity contribution in [3.8, 4) is 10.6 Å². The van der Waals surface area contributed by atoms with Crippen molar-refractivity contribution >= 4 is 21.4 Å². The van der Waals surface area contributed by atoms with Crippen molar-refractivity contribution in [1.29, 1.82) is 0 Å². The Morgan fingerprint density at radius 2 is 1.45 bits per heavy atom. The van der Waals surface area contributed by atoms with Crippen molar-refractivity contribution in [3.63, 3.8) is 0 Å². The molecule has 0 spiro atoms. The average Bonchev–Trinajstić information content (AvgIpc) is 3.05. The molecule has 162 valence electrons. The van der Waals surface area contributed by atoms with Crippen LogP contribution in [-0.4, -0.2) is 27.4 Å². The summed E-state index contributed by atoms with van der Waals surface area (Å²) in [5, 5.41) is 20.7. The van der Waals surface area contributed by atoms with Gasteiger partial charge in [0.1, 0.15) is 0 Å². The summed E-state index contributed by atoms with van der Waals surface area (Å²) in [7, 11) is 0. The van der Waals surface area contributed by atoms with E-state index in [-0.39, 0.29) is 31.9 Å². The summed E-state index contributed by atoms with van der Waals surface area (Å²) in [6, 6.07) is 17.6. The molecule has 0 saturated heterocycles. The number of rotatable bonds is 3. The Kier molecular flexibility index (Phi) is 9.69. The maximum absolute atomic E-state index is 9.76. The summed E-state index contributed by atoms with van der Waals surface area (Å²) in [4.78, 5) is 5.43. The van der Waals surface area contributed by atoms with Crippen LogP contribution in [0.3, 0.4) is 0 Å². The molecule has 0 radical (unpaired) electrons. The van der Waals surface area contributed by atoms with E-state index in [4.69, 9.17) is 0 Å². The molecule has 3 nitrogen and oxygen atoms in total. The Morgan fingerprint density at radius 3 is 1.93 bits per heavy atom. The van der Waals surface area contributed by atoms with Crippen LogP contribution < -0.4 is 0 Å². The third kappa shape index (κ3) is 7.94. The van der Waals surface area contributed by atoms with E-state index in [9.17, 15) is 10.2 Å². The molecule has 0 amide bonds. The van der Waals surface area contributed by atoms with Crippen LogP contribution in [0.25, 0.3) is 20.7 Å². The predicted molar refractivity (Wildman–Crippen MR) is 119 cm³/mol. The number of aliphatic hydroxyl groups excluding tert-OH is 2. The van der Waals surface area contributed by atoms with E-state index in [1.807, 2.05) is 72.0 Å². The van der Waals surface area contributed by atoms with Gasteiger partial charge in [-0.2, -0.15) is 0 Å². The fourth-order valence-corrected chi connectivity index (χ4v) is 3.43. The van der Waals surface area contributed by atoms with Crippen molar-refractivity contribution in [2.45, 2.75) is 60.2 Å². The Morgan fingerprint density at radius 1 is 0.897 bits per heavy atom. The first-order chi connectivity index (χ1) is 13.0. The van der Waals surface area contributed by atoms with Gasteiger partial charge in [-0.05, 0) is 26.5 Å². The zero-order valence-electron chi connectivity index (χ0n) is 18.0. The summed E-state index contributed by atoms with van der Waals surface area (Å²) < 4.78 is 1.26. The Labute approximate surface area is 193 Å². The molecule has 3 aromatic rings. The fraction of sp³-hybridized carbons (Fsp3) is 0.458. The number of pyridine rings is 1. The summed E-state index contributed by atoms with van der Waals surface area (Å²) in [6.07, 6.45) is 1.38. The molecule has 5 heteroatoms. The minimum atomic E-state index is -0.443. The molecule has 0 bridgehead atoms. The second-order valence-corrected chi connectivity index (χ2v) is 10.3. The van der Waals surface area contributed by atoms with Crippen LogP contribution >= 0.6 is 11.3 Å². The van der Waals surface area contributed by atoms with E-state index >= 15 is 0 Å². The zero-order chi connectivity index (χ0) is 20.9. The Balaban J connectivity index is 0.000000285. The van der Waals surface area contributed by atoms with Gasteiger partial charge < -0.3 is 15.2 Å². The number of benzene rings is 1. The number of aromatic nitrogens is 1. The van der Waals surface area contributed by atoms with Crippen LogP contribution in [0.4, 0.5) is 0 Å². The topological polar surface area (TPSA) is 53.4 Å². The summed E-state index contributed by atoms with van der Waals surface area (Å²) in [6.45, 7) is 11.9. The number of hydrogen-bond acceptors (Lipinski definition) is 4. The molecule has 1 aromatic carbocycles. The quantitative estimate of drug-likeness (QED) is 0.369. The van der Waals surface area contributed by atoms with Gasteiger partial charge in [0.15, 0.2) is 0 Å². The second kappa shape index (κ2) is 10.8. The fourth-order valence-electron chi connectivity index (χ4n) is 2.45. The molecule has 0 fully saturated rings. The van der Waals surface area contributed by atoms with Crippen molar-refractivity contribution in [3.05, 3.63) is 54.7 Å². The molecule has 2 N–H and O–H groups in total. The van der Waals surface area contributed by atoms with Gasteiger partial charge in [-0.25, -0.2) is 11.3 Å². The van der Waals surface area contributed by atoms with Gasteiger partial charge in [0, 0.05) is 39.4 Å². The molecule has 29 heavy (non-hydrogen) atoms. The summed E-state index contributed by atoms with van der Waals surface area (Å²) in [5.41, 5.74) is 0.706. The van der Waals surface area contributed by atoms with Gasteiger partial charge >= 0.3 is 0 Å². The van der Waals surface area contributed by atoms with Crippen LogP contribution in [0, 0.1) is 16.9 Å². The number of thiophene rings is 1. The van der Waals surface area contributed by atoms with E-state index < -0.39 is 12.2 Å². The standard InChI is InChI=1S/C13H8NS.C11H24O2.Pt/c1-2-7-12-10(5-1)9-13(15-12)11-6-3-4-8-14-11;1-10(2,3)8(12)7-9(13)11(4,5)6;/h1-8H;8-9,12-13H,7H2,1-6H3;/q-1;;. The molecule has 0 saturated carbocycles. The van der Waals surface area contributed by atoms with Crippen LogP contribution in [0.2, 0.25) is 0 Å². The third-order valence-electron chi connectivity index (χ3n) is 4.69. The third-order valence-corrected chi connectivity index (χ3v) is 5.78. The minimum absolute atomic E-state index is 0. The second-order valence-electron chi connectivity index (χ2n) is 9.27. The molecular formula is C24H32NO2PtS-. The predicted octanol–water partition coefficient (Wildman–Crippen LogP) is 5.95. The van der Waals surface area contributed by atoms with Gasteiger partial charge in [0.05, 0.1) is 12.2 Å². The van der Waals surface area contributed by atoms with Crippen molar-refractivity contribution in [2.75, 3.05) is 0 Å². The van der Waals surface area contributed by atoms with Gasteiger partial charge in [-0.15, -0.1) is 23.6 Å². The van der Waals surface area contributed by atoms with Crippen molar-refractivity contribution in [1.82, 2.24) is 4.98 Å². The Hall–Kier alpha value is -1.06. The van der Waals surface area contributed by atoms with Crippen molar-refractivity contribution < 1.29 is 31.3 Å². The van der Waals surface area contributed by atoms with Gasteiger partial charge in [0.2, 0.25) is 0 Å². The normalized spacial score (nSPS) is 13.8. The number of nitrogens with zero attached hydrogens (tertiary/aromatic N) is 1.